The zero-order valence-electron chi connectivity index (χ0n) is 9.48. The van der Waals surface area contributed by atoms with Gasteiger partial charge in [-0.2, -0.15) is 0 Å². The molecule has 15 heavy (non-hydrogen) atoms. The van der Waals surface area contributed by atoms with E-state index in [1.54, 1.807) is 0 Å². The Labute approximate surface area is 101 Å². The SMILES string of the molecule is [Li][CH]1C=CC1NC(CC)c1ccccc1. The summed E-state index contributed by atoms with van der Waals surface area (Å²) in [5.41, 5.74) is 1.40. The molecule has 0 saturated carbocycles. The Morgan fingerprint density at radius 3 is 2.47 bits per heavy atom. The molecule has 0 heterocycles. The van der Waals surface area contributed by atoms with Crippen molar-refractivity contribution in [2.24, 2.45) is 0 Å². The Balaban J connectivity index is 2.02. The average Bonchev–Trinajstić information content (AvgIpc) is 2.29. The van der Waals surface area contributed by atoms with Crippen LogP contribution in [0.15, 0.2) is 42.5 Å². The minimum atomic E-state index is 0.489. The first-order chi connectivity index (χ1) is 7.31. The predicted octanol–water partition coefficient (Wildman–Crippen LogP) is 2.62. The Bertz CT molecular complexity index is 334. The van der Waals surface area contributed by atoms with E-state index >= 15 is 0 Å². The summed E-state index contributed by atoms with van der Waals surface area (Å²) in [5, 5.41) is 3.68. The van der Waals surface area contributed by atoms with Gasteiger partial charge in [-0.05, 0) is 0 Å². The Morgan fingerprint density at radius 2 is 2.00 bits per heavy atom. The van der Waals surface area contributed by atoms with Crippen molar-refractivity contribution < 1.29 is 0 Å². The third-order valence-electron chi connectivity index (χ3n) is 3.19. The molecule has 0 radical (unpaired) electrons. The molecule has 0 saturated heterocycles. The average molecular weight is 193 g/mol. The maximum absolute atomic E-state index is 3.68. The molecule has 3 atom stereocenters. The molecule has 0 aliphatic heterocycles. The van der Waals surface area contributed by atoms with Crippen LogP contribution in [0.5, 0.6) is 0 Å². The fourth-order valence-electron chi connectivity index (χ4n) is 2.02. The van der Waals surface area contributed by atoms with Gasteiger partial charge in [0.25, 0.3) is 0 Å². The van der Waals surface area contributed by atoms with Gasteiger partial charge in [-0.15, -0.1) is 0 Å². The third kappa shape index (κ3) is 2.55. The monoisotopic (exact) mass is 193 g/mol. The minimum absolute atomic E-state index is 0.489. The Hall–Kier alpha value is -0.483. The molecule has 2 heteroatoms. The van der Waals surface area contributed by atoms with E-state index in [1.165, 1.54) is 5.56 Å². The van der Waals surface area contributed by atoms with Crippen LogP contribution in [0.4, 0.5) is 0 Å². The summed E-state index contributed by atoms with van der Waals surface area (Å²) in [6.45, 7) is 2.23. The second-order valence-corrected chi connectivity index (χ2v) is 4.31. The van der Waals surface area contributed by atoms with Gasteiger partial charge in [-0.25, -0.2) is 0 Å². The summed E-state index contributed by atoms with van der Waals surface area (Å²) in [5.74, 6) is 0. The second kappa shape index (κ2) is 5.03. The van der Waals surface area contributed by atoms with E-state index in [9.17, 15) is 0 Å². The summed E-state index contributed by atoms with van der Waals surface area (Å²) in [4.78, 5) is 0. The van der Waals surface area contributed by atoms with Crippen LogP contribution in [-0.2, 0) is 0 Å². The van der Waals surface area contributed by atoms with Crippen LogP contribution in [0.1, 0.15) is 24.9 Å². The van der Waals surface area contributed by atoms with Gasteiger partial charge in [0, 0.05) is 0 Å². The van der Waals surface area contributed by atoms with Crippen LogP contribution >= 0.6 is 0 Å². The summed E-state index contributed by atoms with van der Waals surface area (Å²) >= 11 is 2.26. The number of hydrogen-bond donors (Lipinski definition) is 1. The van der Waals surface area contributed by atoms with Crippen molar-refractivity contribution in [3.05, 3.63) is 48.0 Å². The second-order valence-electron chi connectivity index (χ2n) is 4.31. The summed E-state index contributed by atoms with van der Waals surface area (Å²) in [6, 6.07) is 11.8. The van der Waals surface area contributed by atoms with E-state index in [2.05, 4.69) is 72.4 Å². The van der Waals surface area contributed by atoms with E-state index in [0.717, 1.165) is 6.42 Å². The van der Waals surface area contributed by atoms with Gasteiger partial charge in [-0.3, -0.25) is 0 Å². The molecule has 0 fully saturated rings. The molecule has 0 amide bonds. The van der Waals surface area contributed by atoms with Crippen LogP contribution in [-0.4, -0.2) is 23.8 Å². The van der Waals surface area contributed by atoms with E-state index in [4.69, 9.17) is 0 Å². The molecule has 0 spiro atoms. The summed E-state index contributed by atoms with van der Waals surface area (Å²) in [7, 11) is 0. The standard InChI is InChI=1S/C13H16N.Li/c1-2-13(14-12-9-6-10-12)11-7-4-3-5-8-11;/h3-10,12-14H,2H2,1H3;. The molecule has 1 N–H and O–H groups in total. The van der Waals surface area contributed by atoms with Crippen molar-refractivity contribution in [2.45, 2.75) is 30.0 Å². The number of nitrogens with one attached hydrogen (secondary N) is 1. The van der Waals surface area contributed by atoms with Crippen LogP contribution < -0.4 is 5.32 Å². The molecule has 1 aromatic rings. The molecular formula is C13H16LiN. The first-order valence-electron chi connectivity index (χ1n) is 5.80. The molecule has 1 nitrogen and oxygen atoms in total. The number of benzene rings is 1. The Kier molecular flexibility index (Phi) is 3.70. The van der Waals surface area contributed by atoms with E-state index < -0.39 is 0 Å². The van der Waals surface area contributed by atoms with E-state index in [0.29, 0.717) is 16.7 Å². The molecule has 1 aromatic carbocycles. The zero-order valence-corrected chi connectivity index (χ0v) is 9.48. The summed E-state index contributed by atoms with van der Waals surface area (Å²) < 4.78 is 0.683. The maximum atomic E-state index is 3.68. The molecule has 0 bridgehead atoms. The normalized spacial score (nSPS) is 26.1. The van der Waals surface area contributed by atoms with Crippen molar-refractivity contribution in [1.82, 2.24) is 5.32 Å². The molecule has 1 aliphatic rings. The topological polar surface area (TPSA) is 12.0 Å². The zero-order chi connectivity index (χ0) is 10.7. The van der Waals surface area contributed by atoms with Crippen molar-refractivity contribution >= 4 is 17.7 Å². The van der Waals surface area contributed by atoms with E-state index in [-0.39, 0.29) is 0 Å². The Morgan fingerprint density at radius 1 is 1.27 bits per heavy atom. The quantitative estimate of drug-likeness (QED) is 0.572. The molecule has 0 aromatic heterocycles. The van der Waals surface area contributed by atoms with Gasteiger partial charge in [0.05, 0.1) is 0 Å². The van der Waals surface area contributed by atoms with Gasteiger partial charge in [-0.1, -0.05) is 0 Å². The molecule has 74 valence electrons. The van der Waals surface area contributed by atoms with Gasteiger partial charge in [0.2, 0.25) is 0 Å². The van der Waals surface area contributed by atoms with Crippen LogP contribution in [0, 0.1) is 0 Å². The van der Waals surface area contributed by atoms with Crippen LogP contribution in [0.3, 0.4) is 0 Å². The van der Waals surface area contributed by atoms with Crippen molar-refractivity contribution in [1.29, 1.82) is 0 Å². The first kappa shape index (κ1) is 11.0. The molecule has 3 unspecified atom stereocenters. The first-order valence-corrected chi connectivity index (χ1v) is 5.80. The van der Waals surface area contributed by atoms with Gasteiger partial charge in [0.1, 0.15) is 0 Å². The van der Waals surface area contributed by atoms with Crippen molar-refractivity contribution in [3.8, 4) is 0 Å². The fourth-order valence-corrected chi connectivity index (χ4v) is 2.02. The number of hydrogen-bond acceptors (Lipinski definition) is 1. The third-order valence-corrected chi connectivity index (χ3v) is 3.19. The van der Waals surface area contributed by atoms with Gasteiger partial charge >= 0.3 is 101 Å². The molecule has 1 aliphatic carbocycles. The number of rotatable bonds is 4. The fraction of sp³-hybridized carbons (Fsp3) is 0.385. The van der Waals surface area contributed by atoms with Crippen molar-refractivity contribution in [2.75, 3.05) is 0 Å². The van der Waals surface area contributed by atoms with Crippen LogP contribution in [0.25, 0.3) is 0 Å². The van der Waals surface area contributed by atoms with Gasteiger partial charge < -0.3 is 0 Å². The molecular weight excluding hydrogens is 177 g/mol. The van der Waals surface area contributed by atoms with Gasteiger partial charge in [0.15, 0.2) is 0 Å². The van der Waals surface area contributed by atoms with Crippen LogP contribution in [0.2, 0.25) is 4.59 Å². The molecule has 2 rings (SSSR count). The van der Waals surface area contributed by atoms with Crippen molar-refractivity contribution in [3.63, 3.8) is 0 Å². The van der Waals surface area contributed by atoms with E-state index in [1.807, 2.05) is 0 Å². The summed E-state index contributed by atoms with van der Waals surface area (Å²) in [6.07, 6.45) is 5.66. The predicted molar refractivity (Wildman–Crippen MR) is 65.0 cm³/mol.